The van der Waals surface area contributed by atoms with Crippen LogP contribution >= 0.6 is 11.6 Å². The normalized spacial score (nSPS) is 10.0. The number of carbonyl (C=O) groups is 3. The third kappa shape index (κ3) is 6.50. The number of carbonyl (C=O) groups excluding carboxylic acids is 3. The fraction of sp³-hybridized carbons (Fsp3) is 0.238. The van der Waals surface area contributed by atoms with Crippen molar-refractivity contribution in [2.24, 2.45) is 5.73 Å². The minimum absolute atomic E-state index is 0.127. The van der Waals surface area contributed by atoms with Gasteiger partial charge in [-0.25, -0.2) is 9.59 Å². The monoisotopic (exact) mass is 428 g/mol. The standard InChI is InChI=1S/C21H21ClN4O4/c1-14-11-17(7-8-18(14)22)26(10-2-9-23)19(27)13-30-20(28)16-5-3-15(4-6-16)12-25-21(24)29/h3-8,11H,2,10,12-13H2,1H3,(H3,24,25,29). The van der Waals surface area contributed by atoms with Crippen molar-refractivity contribution in [3.8, 4) is 6.07 Å². The molecule has 0 aromatic heterocycles. The van der Waals surface area contributed by atoms with Gasteiger partial charge in [0.15, 0.2) is 6.61 Å². The van der Waals surface area contributed by atoms with Crippen LogP contribution in [0.25, 0.3) is 0 Å². The Kier molecular flexibility index (Phi) is 8.20. The van der Waals surface area contributed by atoms with Gasteiger partial charge >= 0.3 is 12.0 Å². The first kappa shape index (κ1) is 22.7. The Hall–Kier alpha value is -3.57. The Balaban J connectivity index is 2.01. The highest BCUT2D eigenvalue weighted by Crippen LogP contribution is 2.23. The van der Waals surface area contributed by atoms with E-state index in [0.717, 1.165) is 11.1 Å². The van der Waals surface area contributed by atoms with Gasteiger partial charge in [-0.2, -0.15) is 5.26 Å². The Morgan fingerprint density at radius 2 is 1.90 bits per heavy atom. The van der Waals surface area contributed by atoms with Gasteiger partial charge in [0.05, 0.1) is 18.1 Å². The first-order chi connectivity index (χ1) is 14.3. The van der Waals surface area contributed by atoms with Crippen molar-refractivity contribution >= 4 is 35.2 Å². The SMILES string of the molecule is Cc1cc(N(CCC#N)C(=O)COC(=O)c2ccc(CNC(N)=O)cc2)ccc1Cl. The number of urea groups is 1. The van der Waals surface area contributed by atoms with E-state index in [0.29, 0.717) is 10.7 Å². The predicted molar refractivity (Wildman–Crippen MR) is 112 cm³/mol. The van der Waals surface area contributed by atoms with Crippen molar-refractivity contribution in [2.75, 3.05) is 18.1 Å². The summed E-state index contributed by atoms with van der Waals surface area (Å²) >= 11 is 6.03. The zero-order chi connectivity index (χ0) is 22.1. The van der Waals surface area contributed by atoms with Gasteiger partial charge < -0.3 is 20.7 Å². The first-order valence-electron chi connectivity index (χ1n) is 9.04. The maximum absolute atomic E-state index is 12.6. The quantitative estimate of drug-likeness (QED) is 0.625. The van der Waals surface area contributed by atoms with Gasteiger partial charge in [0.1, 0.15) is 0 Å². The molecule has 8 nitrogen and oxygen atoms in total. The number of rotatable bonds is 8. The molecule has 0 aliphatic rings. The minimum atomic E-state index is -0.662. The van der Waals surface area contributed by atoms with Gasteiger partial charge in [-0.1, -0.05) is 23.7 Å². The molecule has 30 heavy (non-hydrogen) atoms. The summed E-state index contributed by atoms with van der Waals surface area (Å²) in [6.07, 6.45) is 0.127. The van der Waals surface area contributed by atoms with E-state index in [1.807, 2.05) is 6.07 Å². The summed E-state index contributed by atoms with van der Waals surface area (Å²) in [5.74, 6) is -1.12. The number of nitriles is 1. The van der Waals surface area contributed by atoms with Crippen molar-refractivity contribution in [1.82, 2.24) is 5.32 Å². The van der Waals surface area contributed by atoms with Gasteiger partial charge in [0.2, 0.25) is 0 Å². The van der Waals surface area contributed by atoms with Crippen LogP contribution in [-0.2, 0) is 16.1 Å². The van der Waals surface area contributed by atoms with E-state index in [1.165, 1.54) is 17.0 Å². The molecule has 0 saturated carbocycles. The predicted octanol–water partition coefficient (Wildman–Crippen LogP) is 2.92. The van der Waals surface area contributed by atoms with Crippen molar-refractivity contribution in [2.45, 2.75) is 19.9 Å². The Bertz CT molecular complexity index is 970. The highest BCUT2D eigenvalue weighted by Gasteiger charge is 2.19. The van der Waals surface area contributed by atoms with E-state index in [1.54, 1.807) is 37.3 Å². The molecule has 156 valence electrons. The molecule has 0 atom stereocenters. The van der Waals surface area contributed by atoms with Gasteiger partial charge in [0.25, 0.3) is 5.91 Å². The number of nitrogens with one attached hydrogen (secondary N) is 1. The fourth-order valence-corrected chi connectivity index (χ4v) is 2.71. The Labute approximate surface area is 179 Å². The second kappa shape index (κ2) is 10.8. The molecule has 0 unspecified atom stereocenters. The van der Waals surface area contributed by atoms with Gasteiger partial charge in [-0.15, -0.1) is 0 Å². The molecule has 0 heterocycles. The van der Waals surface area contributed by atoms with Crippen LogP contribution in [0.3, 0.4) is 0 Å². The number of primary amides is 1. The second-order valence-corrected chi connectivity index (χ2v) is 6.79. The first-order valence-corrected chi connectivity index (χ1v) is 9.42. The van der Waals surface area contributed by atoms with E-state index < -0.39 is 24.5 Å². The third-order valence-electron chi connectivity index (χ3n) is 4.18. The van der Waals surface area contributed by atoms with E-state index in [2.05, 4.69) is 5.32 Å². The lowest BCUT2D eigenvalue weighted by Gasteiger charge is -2.22. The topological polar surface area (TPSA) is 126 Å². The van der Waals surface area contributed by atoms with Gasteiger partial charge in [-0.05, 0) is 48.4 Å². The highest BCUT2D eigenvalue weighted by molar-refractivity contribution is 6.31. The summed E-state index contributed by atoms with van der Waals surface area (Å²) < 4.78 is 5.14. The van der Waals surface area contributed by atoms with Crippen molar-refractivity contribution < 1.29 is 19.1 Å². The number of ether oxygens (including phenoxy) is 1. The molecule has 0 bridgehead atoms. The number of hydrogen-bond donors (Lipinski definition) is 2. The zero-order valence-corrected chi connectivity index (χ0v) is 17.1. The molecule has 9 heteroatoms. The maximum atomic E-state index is 12.6. The maximum Gasteiger partial charge on any atom is 0.338 e. The largest absolute Gasteiger partial charge is 0.452 e. The molecule has 0 spiro atoms. The van der Waals surface area contributed by atoms with Crippen LogP contribution in [0.5, 0.6) is 0 Å². The van der Waals surface area contributed by atoms with Gasteiger partial charge in [0, 0.05) is 23.8 Å². The number of nitrogens with two attached hydrogens (primary N) is 1. The average Bonchev–Trinajstić information content (AvgIpc) is 2.73. The van der Waals surface area contributed by atoms with Crippen molar-refractivity contribution in [1.29, 1.82) is 5.26 Å². The van der Waals surface area contributed by atoms with Crippen molar-refractivity contribution in [3.05, 3.63) is 64.2 Å². The van der Waals surface area contributed by atoms with Crippen LogP contribution in [0.2, 0.25) is 5.02 Å². The lowest BCUT2D eigenvalue weighted by Crippen LogP contribution is -2.35. The van der Waals surface area contributed by atoms with Crippen LogP contribution in [0.4, 0.5) is 10.5 Å². The number of nitrogens with zero attached hydrogens (tertiary/aromatic N) is 2. The lowest BCUT2D eigenvalue weighted by molar-refractivity contribution is -0.121. The second-order valence-electron chi connectivity index (χ2n) is 6.38. The summed E-state index contributed by atoms with van der Waals surface area (Å²) in [4.78, 5) is 37.0. The summed E-state index contributed by atoms with van der Waals surface area (Å²) in [6.45, 7) is 1.73. The molecule has 0 fully saturated rings. The highest BCUT2D eigenvalue weighted by atomic mass is 35.5. The average molecular weight is 429 g/mol. The molecule has 2 rings (SSSR count). The molecule has 0 radical (unpaired) electrons. The smallest absolute Gasteiger partial charge is 0.338 e. The van der Waals surface area contributed by atoms with E-state index in [4.69, 9.17) is 27.3 Å². The summed E-state index contributed by atoms with van der Waals surface area (Å²) in [6, 6.07) is 12.8. The molecule has 2 aromatic carbocycles. The van der Waals surface area contributed by atoms with Crippen LogP contribution in [0.15, 0.2) is 42.5 Å². The molecule has 3 amide bonds. The molecule has 2 aromatic rings. The van der Waals surface area contributed by atoms with Crippen molar-refractivity contribution in [3.63, 3.8) is 0 Å². The lowest BCUT2D eigenvalue weighted by atomic mass is 10.1. The Morgan fingerprint density at radius 3 is 2.50 bits per heavy atom. The zero-order valence-electron chi connectivity index (χ0n) is 16.4. The van der Waals surface area contributed by atoms with Gasteiger partial charge in [-0.3, -0.25) is 4.79 Å². The third-order valence-corrected chi connectivity index (χ3v) is 4.61. The van der Waals surface area contributed by atoms with Crippen LogP contribution in [-0.4, -0.2) is 31.1 Å². The Morgan fingerprint density at radius 1 is 1.20 bits per heavy atom. The number of hydrogen-bond acceptors (Lipinski definition) is 5. The molecular formula is C21H21ClN4O4. The summed E-state index contributed by atoms with van der Waals surface area (Å²) in [7, 11) is 0. The summed E-state index contributed by atoms with van der Waals surface area (Å²) in [5.41, 5.74) is 7.38. The number of benzene rings is 2. The van der Waals surface area contributed by atoms with Crippen LogP contribution in [0, 0.1) is 18.3 Å². The molecule has 3 N–H and O–H groups in total. The number of esters is 1. The van der Waals surface area contributed by atoms with E-state index in [-0.39, 0.29) is 25.1 Å². The molecule has 0 saturated heterocycles. The van der Waals surface area contributed by atoms with Crippen LogP contribution < -0.4 is 16.0 Å². The molecule has 0 aliphatic heterocycles. The number of anilines is 1. The number of aryl methyl sites for hydroxylation is 1. The summed E-state index contributed by atoms with van der Waals surface area (Å²) in [5, 5.41) is 11.9. The molecule has 0 aliphatic carbocycles. The van der Waals surface area contributed by atoms with Crippen LogP contribution in [0.1, 0.15) is 27.9 Å². The van der Waals surface area contributed by atoms with E-state index in [9.17, 15) is 14.4 Å². The number of halogens is 1. The van der Waals surface area contributed by atoms with E-state index >= 15 is 0 Å². The fourth-order valence-electron chi connectivity index (χ4n) is 2.59. The number of amides is 3. The minimum Gasteiger partial charge on any atom is -0.452 e. The molecular weight excluding hydrogens is 408 g/mol.